The molecule has 0 aromatic carbocycles. The number of ketones is 1. The van der Waals surface area contributed by atoms with Gasteiger partial charge in [-0.1, -0.05) is 13.3 Å². The molecule has 2 nitrogen and oxygen atoms in total. The molecule has 1 aliphatic rings. The fourth-order valence-corrected chi connectivity index (χ4v) is 2.73. The van der Waals surface area contributed by atoms with Crippen molar-refractivity contribution >= 4 is 17.1 Å². The summed E-state index contributed by atoms with van der Waals surface area (Å²) in [6.07, 6.45) is 4.53. The Morgan fingerprint density at radius 3 is 2.79 bits per heavy atom. The molecule has 0 bridgehead atoms. The van der Waals surface area contributed by atoms with E-state index >= 15 is 0 Å². The molecule has 1 aromatic rings. The van der Waals surface area contributed by atoms with Crippen LogP contribution >= 0.6 is 11.3 Å². The van der Waals surface area contributed by atoms with E-state index < -0.39 is 0 Å². The number of hydrogen-bond acceptors (Lipinski definition) is 3. The van der Waals surface area contributed by atoms with Gasteiger partial charge in [0.1, 0.15) is 0 Å². The van der Waals surface area contributed by atoms with Gasteiger partial charge in [-0.05, 0) is 19.3 Å². The van der Waals surface area contributed by atoms with Gasteiger partial charge >= 0.3 is 0 Å². The lowest BCUT2D eigenvalue weighted by molar-refractivity contribution is 0.102. The van der Waals surface area contributed by atoms with Gasteiger partial charge in [0.05, 0.1) is 15.6 Å². The van der Waals surface area contributed by atoms with Gasteiger partial charge in [-0.2, -0.15) is 0 Å². The van der Waals surface area contributed by atoms with Crippen LogP contribution in [0, 0.1) is 0 Å². The minimum atomic E-state index is 0.179. The predicted molar refractivity (Wildman–Crippen MR) is 58.1 cm³/mol. The zero-order valence-electron chi connectivity index (χ0n) is 8.67. The van der Waals surface area contributed by atoms with Crippen molar-refractivity contribution in [1.29, 1.82) is 0 Å². The lowest BCUT2D eigenvalue weighted by Crippen LogP contribution is -1.95. The lowest BCUT2D eigenvalue weighted by atomic mass is 10.2. The van der Waals surface area contributed by atoms with E-state index in [2.05, 4.69) is 11.9 Å². The van der Waals surface area contributed by atoms with Gasteiger partial charge in [0.25, 0.3) is 0 Å². The van der Waals surface area contributed by atoms with Crippen LogP contribution in [-0.4, -0.2) is 10.8 Å². The maximum absolute atomic E-state index is 11.4. The van der Waals surface area contributed by atoms with Crippen molar-refractivity contribution in [3.05, 3.63) is 15.6 Å². The van der Waals surface area contributed by atoms with E-state index in [0.717, 1.165) is 23.4 Å². The number of carbonyl (C=O) groups is 1. The second-order valence-corrected chi connectivity index (χ2v) is 4.94. The molecule has 1 fully saturated rings. The molecule has 1 aromatic heterocycles. The normalized spacial score (nSPS) is 15.9. The van der Waals surface area contributed by atoms with Crippen LogP contribution in [0.5, 0.6) is 0 Å². The molecule has 0 N–H and O–H groups in total. The molecule has 76 valence electrons. The first-order chi connectivity index (χ1) is 6.72. The summed E-state index contributed by atoms with van der Waals surface area (Å²) in [5, 5.41) is 1.19. The van der Waals surface area contributed by atoms with Crippen LogP contribution in [0.2, 0.25) is 0 Å². The molecule has 0 amide bonds. The Bertz CT molecular complexity index is 352. The van der Waals surface area contributed by atoms with E-state index in [1.54, 1.807) is 18.3 Å². The number of hydrogen-bond donors (Lipinski definition) is 0. The molecule has 0 saturated heterocycles. The number of aromatic nitrogens is 1. The molecular weight excluding hydrogens is 194 g/mol. The third-order valence-electron chi connectivity index (χ3n) is 2.45. The Kier molecular flexibility index (Phi) is 2.68. The molecule has 0 radical (unpaired) electrons. The predicted octanol–water partition coefficient (Wildman–Crippen LogP) is 3.18. The van der Waals surface area contributed by atoms with Gasteiger partial charge in [-0.3, -0.25) is 4.79 Å². The highest BCUT2D eigenvalue weighted by atomic mass is 32.1. The molecule has 3 heteroatoms. The highest BCUT2D eigenvalue weighted by molar-refractivity contribution is 7.14. The number of thiazole rings is 1. The third-order valence-corrected chi connectivity index (χ3v) is 3.81. The van der Waals surface area contributed by atoms with Gasteiger partial charge in [0, 0.05) is 12.8 Å². The van der Waals surface area contributed by atoms with Crippen molar-refractivity contribution in [3.8, 4) is 0 Å². The van der Waals surface area contributed by atoms with Crippen molar-refractivity contribution in [1.82, 2.24) is 4.98 Å². The van der Waals surface area contributed by atoms with Crippen LogP contribution in [0.3, 0.4) is 0 Å². The second kappa shape index (κ2) is 3.81. The average Bonchev–Trinajstić information content (AvgIpc) is 2.89. The zero-order chi connectivity index (χ0) is 10.1. The minimum Gasteiger partial charge on any atom is -0.294 e. The standard InChI is InChI=1S/C11H15NOS/c1-3-4-9-10(7(2)13)14-11(12-9)8-5-6-8/h8H,3-6H2,1-2H3. The summed E-state index contributed by atoms with van der Waals surface area (Å²) in [5.41, 5.74) is 1.03. The maximum atomic E-state index is 11.4. The largest absolute Gasteiger partial charge is 0.294 e. The topological polar surface area (TPSA) is 30.0 Å². The summed E-state index contributed by atoms with van der Waals surface area (Å²) < 4.78 is 0. The molecule has 1 heterocycles. The summed E-state index contributed by atoms with van der Waals surface area (Å²) in [5.74, 6) is 0.849. The van der Waals surface area contributed by atoms with Crippen LogP contribution in [-0.2, 0) is 6.42 Å². The van der Waals surface area contributed by atoms with Gasteiger partial charge in [-0.15, -0.1) is 11.3 Å². The number of carbonyl (C=O) groups excluding carboxylic acids is 1. The van der Waals surface area contributed by atoms with E-state index in [9.17, 15) is 4.79 Å². The van der Waals surface area contributed by atoms with E-state index in [0.29, 0.717) is 5.92 Å². The van der Waals surface area contributed by atoms with Crippen molar-refractivity contribution in [2.24, 2.45) is 0 Å². The lowest BCUT2D eigenvalue weighted by Gasteiger charge is -1.94. The van der Waals surface area contributed by atoms with Gasteiger partial charge in [0.15, 0.2) is 5.78 Å². The zero-order valence-corrected chi connectivity index (χ0v) is 9.49. The molecule has 1 aliphatic carbocycles. The summed E-state index contributed by atoms with van der Waals surface area (Å²) in [6.45, 7) is 3.77. The summed E-state index contributed by atoms with van der Waals surface area (Å²) >= 11 is 1.62. The van der Waals surface area contributed by atoms with E-state index in [1.807, 2.05) is 0 Å². The SMILES string of the molecule is CCCc1nc(C2CC2)sc1C(C)=O. The smallest absolute Gasteiger partial charge is 0.171 e. The van der Waals surface area contributed by atoms with Gasteiger partial charge in [-0.25, -0.2) is 4.98 Å². The molecular formula is C11H15NOS. The highest BCUT2D eigenvalue weighted by Gasteiger charge is 2.28. The van der Waals surface area contributed by atoms with Crippen LogP contribution in [0.1, 0.15) is 59.4 Å². The first-order valence-corrected chi connectivity index (χ1v) is 6.04. The van der Waals surface area contributed by atoms with Crippen LogP contribution in [0.4, 0.5) is 0 Å². The number of aryl methyl sites for hydroxylation is 1. The highest BCUT2D eigenvalue weighted by Crippen LogP contribution is 2.42. The fraction of sp³-hybridized carbons (Fsp3) is 0.636. The number of nitrogens with zero attached hydrogens (tertiary/aromatic N) is 1. The quantitative estimate of drug-likeness (QED) is 0.713. The van der Waals surface area contributed by atoms with E-state index in [1.165, 1.54) is 17.8 Å². The van der Waals surface area contributed by atoms with Crippen molar-refractivity contribution in [2.75, 3.05) is 0 Å². The van der Waals surface area contributed by atoms with Crippen LogP contribution < -0.4 is 0 Å². The molecule has 2 rings (SSSR count). The van der Waals surface area contributed by atoms with Gasteiger partial charge in [0.2, 0.25) is 0 Å². The first kappa shape index (κ1) is 9.84. The maximum Gasteiger partial charge on any atom is 0.171 e. The molecule has 0 aliphatic heterocycles. The summed E-state index contributed by atoms with van der Waals surface area (Å²) in [6, 6.07) is 0. The Hall–Kier alpha value is -0.700. The summed E-state index contributed by atoms with van der Waals surface area (Å²) in [7, 11) is 0. The molecule has 14 heavy (non-hydrogen) atoms. The second-order valence-electron chi connectivity index (χ2n) is 3.91. The Morgan fingerprint density at radius 2 is 2.29 bits per heavy atom. The molecule has 0 unspecified atom stereocenters. The number of Topliss-reactive ketones (excluding diaryl/α,β-unsaturated/α-hetero) is 1. The molecule has 0 spiro atoms. The van der Waals surface area contributed by atoms with E-state index in [4.69, 9.17) is 0 Å². The minimum absolute atomic E-state index is 0.179. The number of rotatable bonds is 4. The molecule has 1 saturated carbocycles. The Balaban J connectivity index is 2.29. The van der Waals surface area contributed by atoms with Crippen molar-refractivity contribution < 1.29 is 4.79 Å². The third kappa shape index (κ3) is 1.87. The first-order valence-electron chi connectivity index (χ1n) is 5.23. The van der Waals surface area contributed by atoms with Crippen molar-refractivity contribution in [3.63, 3.8) is 0 Å². The van der Waals surface area contributed by atoms with E-state index in [-0.39, 0.29) is 5.78 Å². The summed E-state index contributed by atoms with van der Waals surface area (Å²) in [4.78, 5) is 16.8. The van der Waals surface area contributed by atoms with Crippen molar-refractivity contribution in [2.45, 2.75) is 45.4 Å². The fourth-order valence-electron chi connectivity index (χ4n) is 1.56. The van der Waals surface area contributed by atoms with Gasteiger partial charge < -0.3 is 0 Å². The average molecular weight is 209 g/mol. The molecule has 0 atom stereocenters. The Morgan fingerprint density at radius 1 is 1.57 bits per heavy atom. The monoisotopic (exact) mass is 209 g/mol. The van der Waals surface area contributed by atoms with Crippen LogP contribution in [0.25, 0.3) is 0 Å². The van der Waals surface area contributed by atoms with Crippen LogP contribution in [0.15, 0.2) is 0 Å². The Labute approximate surface area is 88.4 Å².